The van der Waals surface area contributed by atoms with Crippen LogP contribution in [0.4, 0.5) is 10.1 Å². The van der Waals surface area contributed by atoms with E-state index in [2.05, 4.69) is 10.2 Å². The van der Waals surface area contributed by atoms with Gasteiger partial charge in [-0.25, -0.2) is 4.39 Å². The van der Waals surface area contributed by atoms with Crippen molar-refractivity contribution < 1.29 is 4.39 Å². The summed E-state index contributed by atoms with van der Waals surface area (Å²) in [6.07, 6.45) is 2.25. The summed E-state index contributed by atoms with van der Waals surface area (Å²) in [6, 6.07) is 5.32. The highest BCUT2D eigenvalue weighted by Gasteiger charge is 2.20. The average Bonchev–Trinajstić information content (AvgIpc) is 2.29. The lowest BCUT2D eigenvalue weighted by atomic mass is 10.1. The minimum atomic E-state index is -0.232. The highest BCUT2D eigenvalue weighted by atomic mass is 35.5. The molecule has 4 heteroatoms. The zero-order valence-corrected chi connectivity index (χ0v) is 10.1. The number of nitrogens with zero attached hydrogens (tertiary/aromatic N) is 1. The van der Waals surface area contributed by atoms with Gasteiger partial charge in [-0.05, 0) is 38.1 Å². The number of nitrogens with one attached hydrogen (secondary N) is 1. The van der Waals surface area contributed by atoms with Crippen molar-refractivity contribution in [3.05, 3.63) is 29.0 Å². The van der Waals surface area contributed by atoms with Crippen molar-refractivity contribution >= 4 is 17.3 Å². The summed E-state index contributed by atoms with van der Waals surface area (Å²) in [5.41, 5.74) is 0.657. The summed E-state index contributed by atoms with van der Waals surface area (Å²) >= 11 is 5.74. The Bertz CT molecular complexity index is 370. The molecule has 1 saturated heterocycles. The van der Waals surface area contributed by atoms with E-state index >= 15 is 0 Å². The van der Waals surface area contributed by atoms with Crippen LogP contribution in [0.3, 0.4) is 0 Å². The van der Waals surface area contributed by atoms with Crippen LogP contribution < -0.4 is 10.2 Å². The van der Waals surface area contributed by atoms with Gasteiger partial charge in [-0.2, -0.15) is 0 Å². The molecule has 1 aromatic rings. The quantitative estimate of drug-likeness (QED) is 0.858. The van der Waals surface area contributed by atoms with E-state index in [-0.39, 0.29) is 5.82 Å². The molecule has 88 valence electrons. The number of rotatable bonds is 2. The van der Waals surface area contributed by atoms with Crippen molar-refractivity contribution in [3.8, 4) is 0 Å². The number of piperidine rings is 1. The van der Waals surface area contributed by atoms with E-state index in [0.29, 0.717) is 16.8 Å². The van der Waals surface area contributed by atoms with Crippen LogP contribution in [0.1, 0.15) is 12.8 Å². The summed E-state index contributed by atoms with van der Waals surface area (Å²) in [5, 5.41) is 3.69. The van der Waals surface area contributed by atoms with Crippen molar-refractivity contribution in [2.24, 2.45) is 0 Å². The first-order valence-electron chi connectivity index (χ1n) is 5.58. The molecular formula is C12H16ClFN2. The van der Waals surface area contributed by atoms with Gasteiger partial charge in [-0.1, -0.05) is 11.6 Å². The second kappa shape index (κ2) is 5.02. The molecule has 0 spiro atoms. The monoisotopic (exact) mass is 242 g/mol. The third-order valence-corrected chi connectivity index (χ3v) is 3.32. The fourth-order valence-corrected chi connectivity index (χ4v) is 2.33. The second-order valence-electron chi connectivity index (χ2n) is 4.17. The summed E-state index contributed by atoms with van der Waals surface area (Å²) in [7, 11) is 1.95. The first-order chi connectivity index (χ1) is 7.70. The summed E-state index contributed by atoms with van der Waals surface area (Å²) in [4.78, 5) is 2.08. The van der Waals surface area contributed by atoms with Crippen LogP contribution in [0.5, 0.6) is 0 Å². The molecule has 1 aliphatic rings. The van der Waals surface area contributed by atoms with Crippen molar-refractivity contribution in [1.82, 2.24) is 5.32 Å². The Balaban J connectivity index is 2.16. The van der Waals surface area contributed by atoms with E-state index in [1.165, 1.54) is 6.07 Å². The van der Waals surface area contributed by atoms with Gasteiger partial charge in [0, 0.05) is 24.2 Å². The molecule has 0 aromatic heterocycles. The average molecular weight is 243 g/mol. The van der Waals surface area contributed by atoms with Gasteiger partial charge in [-0.15, -0.1) is 0 Å². The Morgan fingerprint density at radius 2 is 2.31 bits per heavy atom. The molecule has 1 aliphatic heterocycles. The molecule has 2 nitrogen and oxygen atoms in total. The second-order valence-corrected chi connectivity index (χ2v) is 4.61. The molecule has 2 rings (SSSR count). The Hall–Kier alpha value is -0.800. The lowest BCUT2D eigenvalue weighted by Crippen LogP contribution is -2.44. The molecule has 1 heterocycles. The van der Waals surface area contributed by atoms with Crippen LogP contribution in [0, 0.1) is 5.82 Å². The van der Waals surface area contributed by atoms with Crippen LogP contribution in [0.15, 0.2) is 18.2 Å². The van der Waals surface area contributed by atoms with Gasteiger partial charge in [0.15, 0.2) is 0 Å². The van der Waals surface area contributed by atoms with E-state index in [1.807, 2.05) is 7.05 Å². The van der Waals surface area contributed by atoms with Gasteiger partial charge >= 0.3 is 0 Å². The van der Waals surface area contributed by atoms with Crippen molar-refractivity contribution in [2.75, 3.05) is 25.0 Å². The Morgan fingerprint density at radius 3 is 3.00 bits per heavy atom. The van der Waals surface area contributed by atoms with E-state index in [9.17, 15) is 4.39 Å². The smallest absolute Gasteiger partial charge is 0.147 e. The molecule has 0 bridgehead atoms. The lowest BCUT2D eigenvalue weighted by Gasteiger charge is -2.34. The first kappa shape index (κ1) is 11.7. The van der Waals surface area contributed by atoms with Crippen molar-refractivity contribution in [2.45, 2.75) is 18.9 Å². The van der Waals surface area contributed by atoms with Crippen LogP contribution >= 0.6 is 11.6 Å². The molecule has 1 unspecified atom stereocenters. The summed E-state index contributed by atoms with van der Waals surface area (Å²) < 4.78 is 13.7. The molecule has 1 N–H and O–H groups in total. The number of hydrogen-bond acceptors (Lipinski definition) is 2. The van der Waals surface area contributed by atoms with E-state index in [1.54, 1.807) is 12.1 Å². The van der Waals surface area contributed by atoms with Crippen LogP contribution in [0.2, 0.25) is 5.02 Å². The lowest BCUT2D eigenvalue weighted by molar-refractivity contribution is 0.445. The fraction of sp³-hybridized carbons (Fsp3) is 0.500. The minimum Gasteiger partial charge on any atom is -0.368 e. The summed E-state index contributed by atoms with van der Waals surface area (Å²) in [5.74, 6) is -0.232. The minimum absolute atomic E-state index is 0.232. The largest absolute Gasteiger partial charge is 0.368 e. The van der Waals surface area contributed by atoms with Crippen LogP contribution in [-0.2, 0) is 0 Å². The molecule has 0 radical (unpaired) electrons. The predicted molar refractivity (Wildman–Crippen MR) is 65.7 cm³/mol. The fourth-order valence-electron chi connectivity index (χ4n) is 2.17. The molecular weight excluding hydrogens is 227 g/mol. The molecule has 1 atom stereocenters. The van der Waals surface area contributed by atoms with E-state index < -0.39 is 0 Å². The maximum atomic E-state index is 13.7. The van der Waals surface area contributed by atoms with Gasteiger partial charge < -0.3 is 10.2 Å². The maximum absolute atomic E-state index is 13.7. The molecule has 0 aliphatic carbocycles. The molecule has 1 fully saturated rings. The van der Waals surface area contributed by atoms with Gasteiger partial charge in [0.05, 0.1) is 5.69 Å². The number of halogens is 2. The van der Waals surface area contributed by atoms with Crippen molar-refractivity contribution in [1.29, 1.82) is 0 Å². The zero-order valence-electron chi connectivity index (χ0n) is 9.34. The number of hydrogen-bond donors (Lipinski definition) is 1. The zero-order chi connectivity index (χ0) is 11.5. The number of benzene rings is 1. The topological polar surface area (TPSA) is 15.3 Å². The maximum Gasteiger partial charge on any atom is 0.147 e. The Kier molecular flexibility index (Phi) is 3.66. The standard InChI is InChI=1S/C12H16ClFN2/c1-15-10-3-2-6-16(8-10)12-5-4-9(13)7-11(12)14/h4-5,7,10,15H,2-3,6,8H2,1H3. The third kappa shape index (κ3) is 2.47. The highest BCUT2D eigenvalue weighted by molar-refractivity contribution is 6.30. The summed E-state index contributed by atoms with van der Waals surface area (Å²) in [6.45, 7) is 1.77. The molecule has 0 amide bonds. The SMILES string of the molecule is CNC1CCCN(c2ccc(Cl)cc2F)C1. The highest BCUT2D eigenvalue weighted by Crippen LogP contribution is 2.25. The third-order valence-electron chi connectivity index (χ3n) is 3.08. The van der Waals surface area contributed by atoms with Gasteiger partial charge in [0.1, 0.15) is 5.82 Å². The predicted octanol–water partition coefficient (Wildman–Crippen LogP) is 2.67. The Morgan fingerprint density at radius 1 is 1.50 bits per heavy atom. The van der Waals surface area contributed by atoms with E-state index in [4.69, 9.17) is 11.6 Å². The van der Waals surface area contributed by atoms with Gasteiger partial charge in [-0.3, -0.25) is 0 Å². The number of anilines is 1. The normalized spacial score (nSPS) is 21.2. The van der Waals surface area contributed by atoms with Gasteiger partial charge in [0.25, 0.3) is 0 Å². The van der Waals surface area contributed by atoms with Crippen LogP contribution in [0.25, 0.3) is 0 Å². The molecule has 1 aromatic carbocycles. The van der Waals surface area contributed by atoms with Crippen molar-refractivity contribution in [3.63, 3.8) is 0 Å². The Labute approximate surface area is 100 Å². The van der Waals surface area contributed by atoms with Gasteiger partial charge in [0.2, 0.25) is 0 Å². The van der Waals surface area contributed by atoms with E-state index in [0.717, 1.165) is 25.9 Å². The molecule has 0 saturated carbocycles. The first-order valence-corrected chi connectivity index (χ1v) is 5.96. The molecule has 16 heavy (non-hydrogen) atoms. The number of likely N-dealkylation sites (N-methyl/N-ethyl adjacent to an activating group) is 1. The van der Waals surface area contributed by atoms with Crippen LogP contribution in [-0.4, -0.2) is 26.2 Å².